The van der Waals surface area contributed by atoms with E-state index in [0.29, 0.717) is 28.9 Å². The molecule has 1 aromatic heterocycles. The predicted molar refractivity (Wildman–Crippen MR) is 192 cm³/mol. The van der Waals surface area contributed by atoms with E-state index < -0.39 is 0 Å². The predicted octanol–water partition coefficient (Wildman–Crippen LogP) is 8.44. The van der Waals surface area contributed by atoms with Crippen LogP contribution >= 0.6 is 45.2 Å². The van der Waals surface area contributed by atoms with Crippen molar-refractivity contribution in [3.05, 3.63) is 118 Å². The van der Waals surface area contributed by atoms with Crippen molar-refractivity contribution in [2.75, 3.05) is 6.61 Å². The summed E-state index contributed by atoms with van der Waals surface area (Å²) in [4.78, 5) is 18.8. The quantitative estimate of drug-likeness (QED) is 0.110. The van der Waals surface area contributed by atoms with Gasteiger partial charge in [0.1, 0.15) is 18.1 Å². The standard InChI is InChI=1S/C35H30I2N4O3/c1-5-43-32-14-22(4)28(17-27(32)21(2)3)34-40-31-13-9-8-12-26(31)35(42)41(34)39-19-23-15-29(36)33(30(37)16-23)44-20-25-11-7-6-10-24(25)18-38/h6-17,19,21H,5,20H2,1-4H3. The third kappa shape index (κ3) is 6.66. The van der Waals surface area contributed by atoms with Crippen molar-refractivity contribution in [2.45, 2.75) is 40.2 Å². The molecule has 222 valence electrons. The molecule has 0 N–H and O–H groups in total. The van der Waals surface area contributed by atoms with E-state index in [2.05, 4.69) is 71.2 Å². The number of halogens is 2. The van der Waals surface area contributed by atoms with E-state index in [-0.39, 0.29) is 18.1 Å². The van der Waals surface area contributed by atoms with Crippen LogP contribution in [0.2, 0.25) is 0 Å². The average molecular weight is 808 g/mol. The van der Waals surface area contributed by atoms with E-state index in [4.69, 9.17) is 19.6 Å². The molecule has 0 aliphatic carbocycles. The average Bonchev–Trinajstić information content (AvgIpc) is 3.00. The second-order valence-electron chi connectivity index (χ2n) is 10.5. The second-order valence-corrected chi connectivity index (χ2v) is 12.8. The minimum absolute atomic E-state index is 0.207. The number of fused-ring (bicyclic) bond motifs is 1. The number of aryl methyl sites for hydroxylation is 1. The molecule has 0 aliphatic rings. The smallest absolute Gasteiger partial charge is 0.282 e. The van der Waals surface area contributed by atoms with E-state index >= 15 is 0 Å². The Labute approximate surface area is 283 Å². The Kier molecular flexibility index (Phi) is 10.0. The summed E-state index contributed by atoms with van der Waals surface area (Å²) in [5.74, 6) is 2.24. The summed E-state index contributed by atoms with van der Waals surface area (Å²) < 4.78 is 15.2. The van der Waals surface area contributed by atoms with Crippen LogP contribution in [0.4, 0.5) is 0 Å². The first-order valence-corrected chi connectivity index (χ1v) is 16.3. The van der Waals surface area contributed by atoms with Crippen molar-refractivity contribution in [1.29, 1.82) is 5.26 Å². The Morgan fingerprint density at radius 1 is 1.02 bits per heavy atom. The highest BCUT2D eigenvalue weighted by Gasteiger charge is 2.19. The van der Waals surface area contributed by atoms with Crippen molar-refractivity contribution in [3.63, 3.8) is 0 Å². The maximum absolute atomic E-state index is 13.8. The van der Waals surface area contributed by atoms with Crippen molar-refractivity contribution >= 4 is 62.3 Å². The van der Waals surface area contributed by atoms with E-state index in [9.17, 15) is 10.1 Å². The fraction of sp³-hybridized carbons (Fsp3) is 0.200. The number of ether oxygens (including phenoxy) is 2. The first-order valence-electron chi connectivity index (χ1n) is 14.2. The molecule has 1 heterocycles. The van der Waals surface area contributed by atoms with Gasteiger partial charge in [0.2, 0.25) is 0 Å². The molecule has 0 fully saturated rings. The van der Waals surface area contributed by atoms with Crippen LogP contribution < -0.4 is 15.0 Å². The van der Waals surface area contributed by atoms with Gasteiger partial charge in [0.05, 0.1) is 42.5 Å². The number of hydrogen-bond acceptors (Lipinski definition) is 6. The van der Waals surface area contributed by atoms with Gasteiger partial charge in [0.25, 0.3) is 5.56 Å². The number of hydrogen-bond donors (Lipinski definition) is 0. The number of para-hydroxylation sites is 1. The Hall–Kier alpha value is -3.76. The van der Waals surface area contributed by atoms with Crippen LogP contribution in [0.15, 0.2) is 82.7 Å². The van der Waals surface area contributed by atoms with E-state index in [0.717, 1.165) is 46.5 Å². The van der Waals surface area contributed by atoms with Crippen molar-refractivity contribution in [3.8, 4) is 29.0 Å². The number of benzene rings is 4. The fourth-order valence-corrected chi connectivity index (χ4v) is 7.03. The zero-order valence-electron chi connectivity index (χ0n) is 24.8. The molecule has 0 saturated heterocycles. The largest absolute Gasteiger partial charge is 0.494 e. The van der Waals surface area contributed by atoms with Crippen LogP contribution in [-0.4, -0.2) is 22.5 Å². The molecule has 0 bridgehead atoms. The Morgan fingerprint density at radius 2 is 1.73 bits per heavy atom. The van der Waals surface area contributed by atoms with Crippen LogP contribution in [0, 0.1) is 25.4 Å². The molecule has 4 aromatic carbocycles. The van der Waals surface area contributed by atoms with Gasteiger partial charge in [-0.3, -0.25) is 4.79 Å². The molecule has 0 aliphatic heterocycles. The Balaban J connectivity index is 1.57. The van der Waals surface area contributed by atoms with Gasteiger partial charge in [-0.05, 0) is 124 Å². The summed E-state index contributed by atoms with van der Waals surface area (Å²) in [6.07, 6.45) is 1.67. The lowest BCUT2D eigenvalue weighted by molar-refractivity contribution is 0.301. The topological polar surface area (TPSA) is 89.5 Å². The minimum atomic E-state index is -0.248. The lowest BCUT2D eigenvalue weighted by atomic mass is 9.96. The molecule has 0 amide bonds. The maximum atomic E-state index is 13.8. The van der Waals surface area contributed by atoms with E-state index in [1.807, 2.05) is 68.4 Å². The second kappa shape index (κ2) is 13.9. The number of nitriles is 1. The first kappa shape index (κ1) is 31.7. The molecule has 44 heavy (non-hydrogen) atoms. The van der Waals surface area contributed by atoms with Gasteiger partial charge in [0.15, 0.2) is 5.82 Å². The minimum Gasteiger partial charge on any atom is -0.494 e. The summed E-state index contributed by atoms with van der Waals surface area (Å²) >= 11 is 4.47. The lowest BCUT2D eigenvalue weighted by Crippen LogP contribution is -2.21. The molecular formula is C35H30I2N4O3. The molecule has 5 aromatic rings. The first-order chi connectivity index (χ1) is 21.2. The molecule has 7 nitrogen and oxygen atoms in total. The van der Waals surface area contributed by atoms with E-state index in [1.165, 1.54) is 4.68 Å². The van der Waals surface area contributed by atoms with Crippen LogP contribution in [-0.2, 0) is 6.61 Å². The third-order valence-electron chi connectivity index (χ3n) is 7.13. The number of nitrogens with zero attached hydrogens (tertiary/aromatic N) is 4. The van der Waals surface area contributed by atoms with Gasteiger partial charge < -0.3 is 9.47 Å². The Bertz CT molecular complexity index is 1970. The zero-order chi connectivity index (χ0) is 31.4. The number of rotatable bonds is 9. The van der Waals surface area contributed by atoms with Crippen LogP contribution in [0.3, 0.4) is 0 Å². The van der Waals surface area contributed by atoms with Crippen molar-refractivity contribution in [1.82, 2.24) is 9.66 Å². The van der Waals surface area contributed by atoms with Gasteiger partial charge in [-0.25, -0.2) is 4.98 Å². The molecule has 0 unspecified atom stereocenters. The summed E-state index contributed by atoms with van der Waals surface area (Å²) in [6, 6.07) is 24.9. The summed E-state index contributed by atoms with van der Waals surface area (Å²) in [6.45, 7) is 9.06. The highest BCUT2D eigenvalue weighted by atomic mass is 127. The van der Waals surface area contributed by atoms with Crippen molar-refractivity contribution < 1.29 is 9.47 Å². The van der Waals surface area contributed by atoms with Crippen LogP contribution in [0.1, 0.15) is 54.5 Å². The molecule has 0 saturated carbocycles. The van der Waals surface area contributed by atoms with Crippen molar-refractivity contribution in [2.24, 2.45) is 5.10 Å². The molecule has 0 atom stereocenters. The fourth-order valence-electron chi connectivity index (χ4n) is 4.90. The number of aromatic nitrogens is 2. The Morgan fingerprint density at radius 3 is 2.43 bits per heavy atom. The van der Waals surface area contributed by atoms with Crippen LogP contribution in [0.25, 0.3) is 22.3 Å². The lowest BCUT2D eigenvalue weighted by Gasteiger charge is -2.18. The highest BCUT2D eigenvalue weighted by Crippen LogP contribution is 2.34. The van der Waals surface area contributed by atoms with Gasteiger partial charge in [-0.2, -0.15) is 15.0 Å². The summed E-state index contributed by atoms with van der Waals surface area (Å²) in [5.41, 5.74) is 5.39. The molecule has 0 radical (unpaired) electrons. The van der Waals surface area contributed by atoms with Gasteiger partial charge in [0, 0.05) is 11.1 Å². The molecule has 5 rings (SSSR count). The summed E-state index contributed by atoms with van der Waals surface area (Å²) in [7, 11) is 0. The van der Waals surface area contributed by atoms with Crippen LogP contribution in [0.5, 0.6) is 11.5 Å². The maximum Gasteiger partial charge on any atom is 0.282 e. The molecular weight excluding hydrogens is 778 g/mol. The SMILES string of the molecule is CCOc1cc(C)c(-c2nc3ccccc3c(=O)n2N=Cc2cc(I)c(OCc3ccccc3C#N)c(I)c2)cc1C(C)C. The normalized spacial score (nSPS) is 11.3. The van der Waals surface area contributed by atoms with Gasteiger partial charge >= 0.3 is 0 Å². The van der Waals surface area contributed by atoms with Gasteiger partial charge in [-0.1, -0.05) is 44.2 Å². The third-order valence-corrected chi connectivity index (χ3v) is 8.73. The molecule has 0 spiro atoms. The van der Waals surface area contributed by atoms with E-state index in [1.54, 1.807) is 18.3 Å². The monoisotopic (exact) mass is 808 g/mol. The molecule has 9 heteroatoms. The highest BCUT2D eigenvalue weighted by molar-refractivity contribution is 14.1. The van der Waals surface area contributed by atoms with Gasteiger partial charge in [-0.15, -0.1) is 0 Å². The summed E-state index contributed by atoms with van der Waals surface area (Å²) in [5, 5.41) is 14.6. The zero-order valence-corrected chi connectivity index (χ0v) is 29.1.